The highest BCUT2D eigenvalue weighted by Crippen LogP contribution is 2.60. The van der Waals surface area contributed by atoms with Crippen LogP contribution in [0.25, 0.3) is 0 Å². The van der Waals surface area contributed by atoms with E-state index < -0.39 is 0 Å². The van der Waals surface area contributed by atoms with Crippen LogP contribution in [0.5, 0.6) is 0 Å². The molecule has 2 fully saturated rings. The van der Waals surface area contributed by atoms with Gasteiger partial charge in [-0.1, -0.05) is 24.3 Å². The van der Waals surface area contributed by atoms with Crippen LogP contribution in [0.15, 0.2) is 29.3 Å². The van der Waals surface area contributed by atoms with E-state index in [0.29, 0.717) is 6.10 Å². The zero-order chi connectivity index (χ0) is 17.1. The van der Waals surface area contributed by atoms with Crippen molar-refractivity contribution in [2.24, 2.45) is 16.8 Å². The number of fused-ring (bicyclic) bond motifs is 3. The number of nitrogens with one attached hydrogen (secondary N) is 2. The topological polar surface area (TPSA) is 54.9 Å². The molecule has 3 aliphatic rings. The van der Waals surface area contributed by atoms with Gasteiger partial charge in [0.1, 0.15) is 0 Å². The average molecular weight is 471 g/mol. The van der Waals surface area contributed by atoms with E-state index in [0.717, 1.165) is 69.5 Å². The van der Waals surface area contributed by atoms with Gasteiger partial charge >= 0.3 is 0 Å². The van der Waals surface area contributed by atoms with Gasteiger partial charge in [-0.15, -0.1) is 24.0 Å². The molecule has 4 unspecified atom stereocenters. The molecule has 144 valence electrons. The van der Waals surface area contributed by atoms with E-state index in [1.165, 1.54) is 6.42 Å². The minimum atomic E-state index is 0. The quantitative estimate of drug-likeness (QED) is 0.278. The van der Waals surface area contributed by atoms with E-state index >= 15 is 0 Å². The summed E-state index contributed by atoms with van der Waals surface area (Å²) >= 11 is 0. The van der Waals surface area contributed by atoms with E-state index in [1.807, 2.05) is 7.05 Å². The van der Waals surface area contributed by atoms with Crippen molar-refractivity contribution >= 4 is 29.9 Å². The maximum absolute atomic E-state index is 5.78. The highest BCUT2D eigenvalue weighted by atomic mass is 127. The first-order valence-electron chi connectivity index (χ1n) is 9.58. The number of hydrogen-bond acceptors (Lipinski definition) is 3. The number of ether oxygens (including phenoxy) is 2. The number of rotatable bonds is 7. The van der Waals surface area contributed by atoms with Crippen molar-refractivity contribution in [3.05, 3.63) is 35.4 Å². The Balaban J connectivity index is 0.00000196. The summed E-state index contributed by atoms with van der Waals surface area (Å²) in [6.07, 6.45) is 3.57. The Bertz CT molecular complexity index is 619. The van der Waals surface area contributed by atoms with E-state index in [9.17, 15) is 0 Å². The fourth-order valence-corrected chi connectivity index (χ4v) is 4.37. The van der Waals surface area contributed by atoms with Crippen LogP contribution in [0.3, 0.4) is 0 Å². The largest absolute Gasteiger partial charge is 0.379 e. The SMILES string of the molecule is CN=C(NCCCOC1CCOC1)NCC1C2Cc3ccccc3C12.I. The highest BCUT2D eigenvalue weighted by Gasteiger charge is 2.54. The summed E-state index contributed by atoms with van der Waals surface area (Å²) < 4.78 is 11.1. The molecule has 4 atom stereocenters. The Labute approximate surface area is 173 Å². The third-order valence-corrected chi connectivity index (χ3v) is 5.79. The van der Waals surface area contributed by atoms with Gasteiger partial charge in [0.25, 0.3) is 0 Å². The van der Waals surface area contributed by atoms with Crippen LogP contribution in [0, 0.1) is 11.8 Å². The maximum Gasteiger partial charge on any atom is 0.190 e. The molecule has 4 rings (SSSR count). The molecule has 5 nitrogen and oxygen atoms in total. The lowest BCUT2D eigenvalue weighted by molar-refractivity contribution is 0.0420. The predicted molar refractivity (Wildman–Crippen MR) is 114 cm³/mol. The molecule has 0 spiro atoms. The van der Waals surface area contributed by atoms with Gasteiger partial charge < -0.3 is 20.1 Å². The standard InChI is InChI=1S/C20H29N3O2.HI/c1-21-20(22-8-4-9-25-15-7-10-24-13-15)23-12-18-17-11-14-5-2-3-6-16(14)19(17)18;/h2-3,5-6,15,17-19H,4,7-13H2,1H3,(H2,21,22,23);1H. The fraction of sp³-hybridized carbons (Fsp3) is 0.650. The van der Waals surface area contributed by atoms with Crippen LogP contribution in [0.1, 0.15) is 29.9 Å². The van der Waals surface area contributed by atoms with Gasteiger partial charge in [-0.3, -0.25) is 4.99 Å². The van der Waals surface area contributed by atoms with Gasteiger partial charge in [-0.05, 0) is 48.1 Å². The lowest BCUT2D eigenvalue weighted by atomic mass is 10.0. The summed E-state index contributed by atoms with van der Waals surface area (Å²) in [5, 5.41) is 6.89. The number of hydrogen-bond donors (Lipinski definition) is 2. The predicted octanol–water partition coefficient (Wildman–Crippen LogP) is 2.55. The molecule has 1 aliphatic heterocycles. The summed E-state index contributed by atoms with van der Waals surface area (Å²) in [7, 11) is 1.84. The van der Waals surface area contributed by atoms with Gasteiger partial charge in [-0.25, -0.2) is 0 Å². The summed E-state index contributed by atoms with van der Waals surface area (Å²) in [4.78, 5) is 4.33. The molecule has 1 heterocycles. The van der Waals surface area contributed by atoms with Gasteiger partial charge in [0, 0.05) is 33.4 Å². The molecule has 6 heteroatoms. The molecular weight excluding hydrogens is 441 g/mol. The molecular formula is C20H30IN3O2. The minimum absolute atomic E-state index is 0. The first-order chi connectivity index (χ1) is 12.4. The third-order valence-electron chi connectivity index (χ3n) is 5.79. The van der Waals surface area contributed by atoms with Gasteiger partial charge in [-0.2, -0.15) is 0 Å². The highest BCUT2D eigenvalue weighted by molar-refractivity contribution is 14.0. The lowest BCUT2D eigenvalue weighted by Crippen LogP contribution is -2.39. The van der Waals surface area contributed by atoms with Crippen molar-refractivity contribution in [1.29, 1.82) is 0 Å². The third kappa shape index (κ3) is 4.51. The lowest BCUT2D eigenvalue weighted by Gasteiger charge is -2.14. The Morgan fingerprint density at radius 2 is 2.19 bits per heavy atom. The molecule has 26 heavy (non-hydrogen) atoms. The monoisotopic (exact) mass is 471 g/mol. The van der Waals surface area contributed by atoms with Crippen molar-refractivity contribution in [2.75, 3.05) is 40.0 Å². The van der Waals surface area contributed by atoms with Gasteiger partial charge in [0.15, 0.2) is 5.96 Å². The molecule has 0 aromatic heterocycles. The molecule has 1 aromatic carbocycles. The number of guanidine groups is 1. The first kappa shape index (κ1) is 19.9. The van der Waals surface area contributed by atoms with Crippen LogP contribution in [0.4, 0.5) is 0 Å². The zero-order valence-electron chi connectivity index (χ0n) is 15.4. The van der Waals surface area contributed by atoms with E-state index in [2.05, 4.69) is 39.9 Å². The summed E-state index contributed by atoms with van der Waals surface area (Å²) in [5.41, 5.74) is 3.14. The molecule has 0 amide bonds. The number of halogens is 1. The minimum Gasteiger partial charge on any atom is -0.379 e. The second-order valence-electron chi connectivity index (χ2n) is 7.35. The van der Waals surface area contributed by atoms with E-state index in [1.54, 1.807) is 11.1 Å². The molecule has 1 saturated heterocycles. The molecule has 0 bridgehead atoms. The van der Waals surface area contributed by atoms with Crippen LogP contribution in [-0.2, 0) is 15.9 Å². The maximum atomic E-state index is 5.78. The van der Waals surface area contributed by atoms with E-state index in [4.69, 9.17) is 9.47 Å². The smallest absolute Gasteiger partial charge is 0.190 e. The fourth-order valence-electron chi connectivity index (χ4n) is 4.37. The number of nitrogens with zero attached hydrogens (tertiary/aromatic N) is 1. The Hall–Kier alpha value is -0.860. The molecule has 2 N–H and O–H groups in total. The summed E-state index contributed by atoms with van der Waals surface area (Å²) in [5.74, 6) is 3.27. The summed E-state index contributed by atoms with van der Waals surface area (Å²) in [6, 6.07) is 8.92. The van der Waals surface area contributed by atoms with Gasteiger partial charge in [0.2, 0.25) is 0 Å². The Morgan fingerprint density at radius 1 is 1.31 bits per heavy atom. The van der Waals surface area contributed by atoms with Crippen LogP contribution >= 0.6 is 24.0 Å². The molecule has 1 aromatic rings. The second kappa shape index (κ2) is 9.37. The van der Waals surface area contributed by atoms with E-state index in [-0.39, 0.29) is 24.0 Å². The molecule has 2 aliphatic carbocycles. The van der Waals surface area contributed by atoms with Crippen LogP contribution in [-0.4, -0.2) is 52.0 Å². The second-order valence-corrected chi connectivity index (χ2v) is 7.35. The Morgan fingerprint density at radius 3 is 3.00 bits per heavy atom. The van der Waals surface area contributed by atoms with Crippen molar-refractivity contribution in [3.8, 4) is 0 Å². The first-order valence-corrected chi connectivity index (χ1v) is 9.58. The molecule has 1 saturated carbocycles. The van der Waals surface area contributed by atoms with Crippen molar-refractivity contribution < 1.29 is 9.47 Å². The van der Waals surface area contributed by atoms with Crippen LogP contribution in [0.2, 0.25) is 0 Å². The van der Waals surface area contributed by atoms with Crippen molar-refractivity contribution in [3.63, 3.8) is 0 Å². The van der Waals surface area contributed by atoms with Crippen molar-refractivity contribution in [1.82, 2.24) is 10.6 Å². The number of benzene rings is 1. The Kier molecular flexibility index (Phi) is 7.17. The number of aliphatic imine (C=N–C) groups is 1. The average Bonchev–Trinajstić information content (AvgIpc) is 3.01. The zero-order valence-corrected chi connectivity index (χ0v) is 17.8. The van der Waals surface area contributed by atoms with Crippen LogP contribution < -0.4 is 10.6 Å². The summed E-state index contributed by atoms with van der Waals surface area (Å²) in [6.45, 7) is 4.27. The normalized spacial score (nSPS) is 28.9. The van der Waals surface area contributed by atoms with Gasteiger partial charge in [0.05, 0.1) is 12.7 Å². The van der Waals surface area contributed by atoms with Crippen molar-refractivity contribution in [2.45, 2.75) is 31.3 Å². The molecule has 0 radical (unpaired) electrons.